The summed E-state index contributed by atoms with van der Waals surface area (Å²) in [4.78, 5) is 47.5. The average Bonchev–Trinajstić information content (AvgIpc) is 3.25. The lowest BCUT2D eigenvalue weighted by atomic mass is 10.1. The standard InChI is InChI=1S/C16H24N6O3/c1-3-8-22(10-6-7-17-9-10)12(23)5-4-11-18-13-14(19-11)21(2)16(25)20-15(13)24/h10,17H,3-9H2,1-2H3,(H,18,19)(H,20,24,25). The van der Waals surface area contributed by atoms with Crippen molar-refractivity contribution in [2.24, 2.45) is 7.05 Å². The lowest BCUT2D eigenvalue weighted by Gasteiger charge is -2.28. The van der Waals surface area contributed by atoms with Gasteiger partial charge in [-0.15, -0.1) is 0 Å². The second-order valence-corrected chi connectivity index (χ2v) is 6.43. The molecule has 25 heavy (non-hydrogen) atoms. The quantitative estimate of drug-likeness (QED) is 0.650. The van der Waals surface area contributed by atoms with Crippen LogP contribution in [0.5, 0.6) is 0 Å². The highest BCUT2D eigenvalue weighted by Gasteiger charge is 2.25. The minimum atomic E-state index is -0.505. The molecule has 2 aromatic rings. The van der Waals surface area contributed by atoms with Crippen molar-refractivity contribution in [3.63, 3.8) is 0 Å². The average molecular weight is 348 g/mol. The van der Waals surface area contributed by atoms with Crippen LogP contribution in [0.3, 0.4) is 0 Å². The van der Waals surface area contributed by atoms with E-state index in [1.54, 1.807) is 7.05 Å². The van der Waals surface area contributed by atoms with Crippen molar-refractivity contribution in [1.82, 2.24) is 29.7 Å². The van der Waals surface area contributed by atoms with E-state index in [4.69, 9.17) is 0 Å². The summed E-state index contributed by atoms with van der Waals surface area (Å²) in [5, 5.41) is 3.29. The number of amides is 1. The first-order valence-electron chi connectivity index (χ1n) is 8.69. The largest absolute Gasteiger partial charge is 0.338 e. The third kappa shape index (κ3) is 3.51. The number of nitrogens with one attached hydrogen (secondary N) is 3. The molecule has 1 aliphatic rings. The number of carbonyl (C=O) groups is 1. The summed E-state index contributed by atoms with van der Waals surface area (Å²) >= 11 is 0. The Morgan fingerprint density at radius 3 is 2.84 bits per heavy atom. The van der Waals surface area contributed by atoms with Crippen molar-refractivity contribution in [2.45, 2.75) is 38.6 Å². The predicted octanol–water partition coefficient (Wildman–Crippen LogP) is -0.517. The maximum atomic E-state index is 12.6. The third-order valence-corrected chi connectivity index (χ3v) is 4.64. The molecular weight excluding hydrogens is 324 g/mol. The minimum absolute atomic E-state index is 0.0961. The Labute approximate surface area is 144 Å². The second-order valence-electron chi connectivity index (χ2n) is 6.43. The Hall–Kier alpha value is -2.42. The molecule has 0 bridgehead atoms. The van der Waals surface area contributed by atoms with Gasteiger partial charge in [0, 0.05) is 39.0 Å². The highest BCUT2D eigenvalue weighted by Crippen LogP contribution is 2.13. The van der Waals surface area contributed by atoms with E-state index in [9.17, 15) is 14.4 Å². The molecule has 3 N–H and O–H groups in total. The molecule has 0 saturated carbocycles. The van der Waals surface area contributed by atoms with Crippen LogP contribution < -0.4 is 16.6 Å². The molecule has 9 nitrogen and oxygen atoms in total. The first-order valence-corrected chi connectivity index (χ1v) is 8.69. The number of imidazole rings is 1. The van der Waals surface area contributed by atoms with Crippen molar-refractivity contribution >= 4 is 17.1 Å². The number of fused-ring (bicyclic) bond motifs is 1. The Morgan fingerprint density at radius 2 is 2.16 bits per heavy atom. The summed E-state index contributed by atoms with van der Waals surface area (Å²) in [6.45, 7) is 4.60. The molecule has 2 aromatic heterocycles. The van der Waals surface area contributed by atoms with Crippen molar-refractivity contribution in [3.8, 4) is 0 Å². The van der Waals surface area contributed by atoms with Crippen LogP contribution in [0.4, 0.5) is 0 Å². The van der Waals surface area contributed by atoms with E-state index in [0.29, 0.717) is 24.3 Å². The Bertz CT molecular complexity index is 874. The highest BCUT2D eigenvalue weighted by molar-refractivity contribution is 5.77. The topological polar surface area (TPSA) is 116 Å². The molecule has 9 heteroatoms. The van der Waals surface area contributed by atoms with Gasteiger partial charge in [0.15, 0.2) is 5.65 Å². The van der Waals surface area contributed by atoms with Crippen molar-refractivity contribution in [1.29, 1.82) is 0 Å². The van der Waals surface area contributed by atoms with Crippen molar-refractivity contribution in [2.75, 3.05) is 19.6 Å². The first kappa shape index (κ1) is 17.4. The number of carbonyl (C=O) groups excluding carboxylic acids is 1. The molecule has 0 aliphatic carbocycles. The third-order valence-electron chi connectivity index (χ3n) is 4.64. The SMILES string of the molecule is CCCN(C(=O)CCc1nc2c([nH]1)c(=O)[nH]c(=O)n2C)C1CCNC1. The zero-order valence-corrected chi connectivity index (χ0v) is 14.6. The van der Waals surface area contributed by atoms with Crippen LogP contribution in [-0.4, -0.2) is 56.0 Å². The summed E-state index contributed by atoms with van der Waals surface area (Å²) in [5.74, 6) is 0.634. The summed E-state index contributed by atoms with van der Waals surface area (Å²) in [7, 11) is 1.55. The normalized spacial score (nSPS) is 17.3. The highest BCUT2D eigenvalue weighted by atomic mass is 16.2. The van der Waals surface area contributed by atoms with Crippen molar-refractivity contribution in [3.05, 3.63) is 26.7 Å². The Balaban J connectivity index is 1.74. The zero-order valence-electron chi connectivity index (χ0n) is 14.6. The number of aromatic nitrogens is 4. The summed E-state index contributed by atoms with van der Waals surface area (Å²) < 4.78 is 1.28. The molecule has 3 rings (SSSR count). The van der Waals surface area contributed by atoms with Gasteiger partial charge in [-0.1, -0.05) is 6.92 Å². The van der Waals surface area contributed by atoms with Crippen molar-refractivity contribution < 1.29 is 4.79 Å². The molecule has 0 aromatic carbocycles. The molecule has 1 fully saturated rings. The van der Waals surface area contributed by atoms with E-state index in [1.807, 2.05) is 4.90 Å². The van der Waals surface area contributed by atoms with Gasteiger partial charge in [0.1, 0.15) is 11.3 Å². The molecule has 1 saturated heterocycles. The lowest BCUT2D eigenvalue weighted by Crippen LogP contribution is -2.42. The van der Waals surface area contributed by atoms with Gasteiger partial charge in [-0.05, 0) is 19.4 Å². The van der Waals surface area contributed by atoms with Gasteiger partial charge in [-0.25, -0.2) is 9.78 Å². The molecule has 0 radical (unpaired) electrons. The Morgan fingerprint density at radius 1 is 1.36 bits per heavy atom. The summed E-state index contributed by atoms with van der Waals surface area (Å²) in [6, 6.07) is 0.256. The molecule has 1 atom stereocenters. The van der Waals surface area contributed by atoms with E-state index in [2.05, 4.69) is 27.2 Å². The smallest absolute Gasteiger partial charge is 0.329 e. The number of aryl methyl sites for hydroxylation is 2. The number of hydrogen-bond donors (Lipinski definition) is 3. The van der Waals surface area contributed by atoms with Crippen LogP contribution in [-0.2, 0) is 18.3 Å². The lowest BCUT2D eigenvalue weighted by molar-refractivity contribution is -0.133. The molecule has 1 aliphatic heterocycles. The fourth-order valence-electron chi connectivity index (χ4n) is 3.30. The van der Waals surface area contributed by atoms with Crippen LogP contribution in [0.15, 0.2) is 9.59 Å². The molecule has 3 heterocycles. The fraction of sp³-hybridized carbons (Fsp3) is 0.625. The van der Waals surface area contributed by atoms with E-state index < -0.39 is 11.2 Å². The predicted molar refractivity (Wildman–Crippen MR) is 93.6 cm³/mol. The van der Waals surface area contributed by atoms with Gasteiger partial charge in [0.05, 0.1) is 0 Å². The zero-order chi connectivity index (χ0) is 18.0. The van der Waals surface area contributed by atoms with E-state index in [1.165, 1.54) is 4.57 Å². The first-order chi connectivity index (χ1) is 12.0. The monoisotopic (exact) mass is 348 g/mol. The van der Waals surface area contributed by atoms with Gasteiger partial charge < -0.3 is 15.2 Å². The summed E-state index contributed by atoms with van der Waals surface area (Å²) in [5.41, 5.74) is -0.432. The summed E-state index contributed by atoms with van der Waals surface area (Å²) in [6.07, 6.45) is 2.63. The van der Waals surface area contributed by atoms with E-state index in [0.717, 1.165) is 32.5 Å². The van der Waals surface area contributed by atoms with Gasteiger partial charge in [0.2, 0.25) is 5.91 Å². The van der Waals surface area contributed by atoms with Gasteiger partial charge >= 0.3 is 5.69 Å². The molecule has 1 unspecified atom stereocenters. The Kier molecular flexibility index (Phi) is 5.03. The van der Waals surface area contributed by atoms with Crippen LogP contribution in [0.2, 0.25) is 0 Å². The van der Waals surface area contributed by atoms with E-state index >= 15 is 0 Å². The van der Waals surface area contributed by atoms with Crippen LogP contribution in [0, 0.1) is 0 Å². The van der Waals surface area contributed by atoms with Gasteiger partial charge in [0.25, 0.3) is 5.56 Å². The molecular formula is C16H24N6O3. The second kappa shape index (κ2) is 7.22. The van der Waals surface area contributed by atoms with Gasteiger partial charge in [-0.2, -0.15) is 0 Å². The number of nitrogens with zero attached hydrogens (tertiary/aromatic N) is 3. The number of aromatic amines is 2. The van der Waals surface area contributed by atoms with Crippen LogP contribution in [0.25, 0.3) is 11.2 Å². The van der Waals surface area contributed by atoms with Gasteiger partial charge in [-0.3, -0.25) is 19.1 Å². The van der Waals surface area contributed by atoms with E-state index in [-0.39, 0.29) is 17.5 Å². The molecule has 0 spiro atoms. The maximum absolute atomic E-state index is 12.6. The maximum Gasteiger partial charge on any atom is 0.329 e. The van der Waals surface area contributed by atoms with Crippen LogP contribution in [0.1, 0.15) is 32.0 Å². The molecule has 136 valence electrons. The molecule has 1 amide bonds. The minimum Gasteiger partial charge on any atom is -0.338 e. The number of hydrogen-bond acceptors (Lipinski definition) is 5. The fourth-order valence-corrected chi connectivity index (χ4v) is 3.30. The number of rotatable bonds is 6. The number of H-pyrrole nitrogens is 2. The van der Waals surface area contributed by atoms with Crippen LogP contribution >= 0.6 is 0 Å².